The zero-order chi connectivity index (χ0) is 22.7. The summed E-state index contributed by atoms with van der Waals surface area (Å²) in [4.78, 5) is 26.2. The number of imide groups is 1. The van der Waals surface area contributed by atoms with E-state index in [-0.39, 0.29) is 18.3 Å². The summed E-state index contributed by atoms with van der Waals surface area (Å²) in [6.07, 6.45) is 2.30. The Hall–Kier alpha value is -2.41. The third-order valence-corrected chi connectivity index (χ3v) is 5.76. The van der Waals surface area contributed by atoms with Gasteiger partial charge in [-0.2, -0.15) is 0 Å². The smallest absolute Gasteiger partial charge is 0.329 e. The van der Waals surface area contributed by atoms with Gasteiger partial charge in [-0.05, 0) is 54.8 Å². The molecule has 31 heavy (non-hydrogen) atoms. The van der Waals surface area contributed by atoms with Crippen molar-refractivity contribution in [3.05, 3.63) is 62.2 Å². The van der Waals surface area contributed by atoms with Gasteiger partial charge >= 0.3 is 6.03 Å². The molecule has 0 aliphatic carbocycles. The predicted molar refractivity (Wildman–Crippen MR) is 122 cm³/mol. The molecule has 1 aliphatic rings. The van der Waals surface area contributed by atoms with Gasteiger partial charge in [-0.25, -0.2) is 4.79 Å². The van der Waals surface area contributed by atoms with Gasteiger partial charge in [0, 0.05) is 0 Å². The molecule has 9 heteroatoms. The van der Waals surface area contributed by atoms with E-state index in [9.17, 15) is 9.59 Å². The number of ether oxygens (including phenoxy) is 2. The maximum atomic E-state index is 12.8. The van der Waals surface area contributed by atoms with Crippen LogP contribution in [0.15, 0.2) is 36.0 Å². The Kier molecular flexibility index (Phi) is 7.36. The normalized spacial score (nSPS) is 15.9. The molecule has 0 radical (unpaired) electrons. The Morgan fingerprint density at radius 3 is 2.48 bits per heavy atom. The molecule has 1 aliphatic heterocycles. The summed E-state index contributed by atoms with van der Waals surface area (Å²) >= 11 is 18.3. The number of hydrogen-bond acceptors (Lipinski definition) is 4. The van der Waals surface area contributed by atoms with Crippen molar-refractivity contribution in [3.8, 4) is 11.5 Å². The topological polar surface area (TPSA) is 67.9 Å². The van der Waals surface area contributed by atoms with Gasteiger partial charge in [-0.1, -0.05) is 47.8 Å². The number of benzene rings is 2. The summed E-state index contributed by atoms with van der Waals surface area (Å²) in [7, 11) is 1.51. The van der Waals surface area contributed by atoms with E-state index < -0.39 is 11.9 Å². The number of methoxy groups -OCH3 is 1. The minimum atomic E-state index is -0.530. The predicted octanol–water partition coefficient (Wildman–Crippen LogP) is 5.93. The van der Waals surface area contributed by atoms with E-state index in [1.54, 1.807) is 30.3 Å². The van der Waals surface area contributed by atoms with Crippen molar-refractivity contribution in [2.75, 3.05) is 7.11 Å². The van der Waals surface area contributed by atoms with E-state index in [0.717, 1.165) is 11.3 Å². The summed E-state index contributed by atoms with van der Waals surface area (Å²) in [5.74, 6) is 0.402. The van der Waals surface area contributed by atoms with Crippen LogP contribution in [0.25, 0.3) is 6.08 Å². The van der Waals surface area contributed by atoms with Crippen LogP contribution in [-0.2, 0) is 11.3 Å². The number of carbonyl (C=O) groups is 2. The van der Waals surface area contributed by atoms with E-state index in [1.165, 1.54) is 13.2 Å². The molecule has 0 bridgehead atoms. The number of rotatable bonds is 7. The van der Waals surface area contributed by atoms with E-state index in [0.29, 0.717) is 37.7 Å². The van der Waals surface area contributed by atoms with Crippen LogP contribution in [-0.4, -0.2) is 30.1 Å². The fraction of sp³-hybridized carbons (Fsp3) is 0.273. The second kappa shape index (κ2) is 9.81. The molecule has 0 unspecified atom stereocenters. The average Bonchev–Trinajstić information content (AvgIpc) is 2.99. The molecular formula is C22H21Cl3N2O4. The third-order valence-electron chi connectivity index (χ3n) is 4.74. The highest BCUT2D eigenvalue weighted by Gasteiger charge is 2.33. The van der Waals surface area contributed by atoms with E-state index in [4.69, 9.17) is 44.3 Å². The highest BCUT2D eigenvalue weighted by atomic mass is 35.5. The highest BCUT2D eigenvalue weighted by molar-refractivity contribution is 6.42. The standard InChI is InChI=1S/C22H21Cl3N2O4/c1-4-12(2)31-20-17(25)8-14(10-19(20)30-3)9-18-21(28)27(22(29)26-18)11-13-5-6-15(23)16(24)7-13/h5-10,12H,4,11H2,1-3H3,(H,26,29)/b18-9-/t12-/m0/s1. The molecule has 6 nitrogen and oxygen atoms in total. The number of halogens is 3. The van der Waals surface area contributed by atoms with Gasteiger partial charge in [0.1, 0.15) is 5.70 Å². The van der Waals surface area contributed by atoms with Gasteiger partial charge < -0.3 is 14.8 Å². The maximum absolute atomic E-state index is 12.8. The van der Waals surface area contributed by atoms with Gasteiger partial charge in [0.15, 0.2) is 11.5 Å². The number of carbonyl (C=O) groups excluding carboxylic acids is 2. The Morgan fingerprint density at radius 2 is 1.84 bits per heavy atom. The Labute approximate surface area is 195 Å². The highest BCUT2D eigenvalue weighted by Crippen LogP contribution is 2.38. The second-order valence-electron chi connectivity index (χ2n) is 7.00. The Morgan fingerprint density at radius 1 is 1.10 bits per heavy atom. The van der Waals surface area contributed by atoms with Crippen LogP contribution in [0.1, 0.15) is 31.4 Å². The number of urea groups is 1. The summed E-state index contributed by atoms with van der Waals surface area (Å²) in [5, 5.41) is 3.68. The fourth-order valence-electron chi connectivity index (χ4n) is 2.92. The molecule has 1 fully saturated rings. The van der Waals surface area contributed by atoms with Crippen LogP contribution in [0.3, 0.4) is 0 Å². The molecule has 0 spiro atoms. The van der Waals surface area contributed by atoms with Crippen molar-refractivity contribution in [1.82, 2.24) is 10.2 Å². The lowest BCUT2D eigenvalue weighted by molar-refractivity contribution is -0.123. The average molecular weight is 484 g/mol. The first kappa shape index (κ1) is 23.3. The van der Waals surface area contributed by atoms with Gasteiger partial charge in [0.05, 0.1) is 34.8 Å². The molecular weight excluding hydrogens is 463 g/mol. The van der Waals surface area contributed by atoms with Crippen LogP contribution in [0.2, 0.25) is 15.1 Å². The zero-order valence-corrected chi connectivity index (χ0v) is 19.4. The molecule has 164 valence electrons. The number of amides is 3. The number of nitrogens with one attached hydrogen (secondary N) is 1. The summed E-state index contributed by atoms with van der Waals surface area (Å²) < 4.78 is 11.2. The van der Waals surface area contributed by atoms with Crippen molar-refractivity contribution < 1.29 is 19.1 Å². The first-order chi connectivity index (χ1) is 14.7. The lowest BCUT2D eigenvalue weighted by Gasteiger charge is -2.17. The van der Waals surface area contributed by atoms with Crippen LogP contribution < -0.4 is 14.8 Å². The quantitative estimate of drug-likeness (QED) is 0.392. The van der Waals surface area contributed by atoms with Gasteiger partial charge in [-0.3, -0.25) is 9.69 Å². The van der Waals surface area contributed by atoms with Crippen molar-refractivity contribution in [3.63, 3.8) is 0 Å². The molecule has 3 amide bonds. The summed E-state index contributed by atoms with van der Waals surface area (Å²) in [5.41, 5.74) is 1.38. The Bertz CT molecular complexity index is 1060. The van der Waals surface area contributed by atoms with Gasteiger partial charge in [-0.15, -0.1) is 0 Å². The lowest BCUT2D eigenvalue weighted by Crippen LogP contribution is -2.30. The van der Waals surface area contributed by atoms with Gasteiger partial charge in [0.25, 0.3) is 5.91 Å². The first-order valence-corrected chi connectivity index (χ1v) is 10.7. The Balaban J connectivity index is 1.85. The summed E-state index contributed by atoms with van der Waals surface area (Å²) in [6.45, 7) is 3.99. The van der Waals surface area contributed by atoms with E-state index in [2.05, 4.69) is 5.32 Å². The zero-order valence-electron chi connectivity index (χ0n) is 17.2. The molecule has 2 aromatic carbocycles. The molecule has 1 saturated heterocycles. The minimum Gasteiger partial charge on any atom is -0.493 e. The number of nitrogens with zero attached hydrogens (tertiary/aromatic N) is 1. The van der Waals surface area contributed by atoms with Crippen LogP contribution in [0.4, 0.5) is 4.79 Å². The molecule has 2 aromatic rings. The first-order valence-electron chi connectivity index (χ1n) is 9.56. The SMILES string of the molecule is CC[C@H](C)Oc1c(Cl)cc(/C=C2\NC(=O)N(Cc3ccc(Cl)c(Cl)c3)C2=O)cc1OC. The van der Waals surface area contributed by atoms with Crippen molar-refractivity contribution >= 4 is 52.8 Å². The monoisotopic (exact) mass is 482 g/mol. The molecule has 0 aromatic heterocycles. The largest absolute Gasteiger partial charge is 0.493 e. The van der Waals surface area contributed by atoms with Crippen molar-refractivity contribution in [2.24, 2.45) is 0 Å². The van der Waals surface area contributed by atoms with Gasteiger partial charge in [0.2, 0.25) is 0 Å². The van der Waals surface area contributed by atoms with E-state index >= 15 is 0 Å². The fourth-order valence-corrected chi connectivity index (χ4v) is 3.51. The van der Waals surface area contributed by atoms with Crippen molar-refractivity contribution in [2.45, 2.75) is 32.9 Å². The van der Waals surface area contributed by atoms with Crippen LogP contribution in [0.5, 0.6) is 11.5 Å². The van der Waals surface area contributed by atoms with Crippen molar-refractivity contribution in [1.29, 1.82) is 0 Å². The summed E-state index contributed by atoms with van der Waals surface area (Å²) in [6, 6.07) is 7.75. The maximum Gasteiger partial charge on any atom is 0.329 e. The molecule has 1 N–H and O–H groups in total. The number of hydrogen-bond donors (Lipinski definition) is 1. The lowest BCUT2D eigenvalue weighted by atomic mass is 10.1. The van der Waals surface area contributed by atoms with Crippen LogP contribution >= 0.6 is 34.8 Å². The molecule has 3 rings (SSSR count). The molecule has 1 atom stereocenters. The molecule has 0 saturated carbocycles. The minimum absolute atomic E-state index is 0.0405. The van der Waals surface area contributed by atoms with Crippen LogP contribution in [0, 0.1) is 0 Å². The second-order valence-corrected chi connectivity index (χ2v) is 8.22. The third kappa shape index (κ3) is 5.26. The van der Waals surface area contributed by atoms with E-state index in [1.807, 2.05) is 13.8 Å². The molecule has 1 heterocycles.